The molecule has 0 atom stereocenters. The summed E-state index contributed by atoms with van der Waals surface area (Å²) in [5.74, 6) is 1.26. The van der Waals surface area contributed by atoms with Crippen LogP contribution in [0.3, 0.4) is 0 Å². The third-order valence-corrected chi connectivity index (χ3v) is 12.8. The number of fused-ring (bicyclic) bond motifs is 14. The first-order chi connectivity index (χ1) is 30.6. The van der Waals surface area contributed by atoms with E-state index in [9.17, 15) is 0 Å². The van der Waals surface area contributed by atoms with Crippen LogP contribution >= 0.6 is 11.6 Å². The molecule has 1 aliphatic heterocycles. The Hall–Kier alpha value is -7.93. The first-order valence-corrected chi connectivity index (χ1v) is 21.0. The second kappa shape index (κ2) is 13.3. The zero-order valence-electron chi connectivity index (χ0n) is 33.1. The van der Waals surface area contributed by atoms with Gasteiger partial charge in [0.1, 0.15) is 23.5 Å². The Morgan fingerprint density at radius 2 is 1.21 bits per heavy atom. The van der Waals surface area contributed by atoms with Gasteiger partial charge >= 0.3 is 0 Å². The lowest BCUT2D eigenvalue weighted by atomic mass is 9.87. The van der Waals surface area contributed by atoms with E-state index in [1.54, 1.807) is 0 Å². The van der Waals surface area contributed by atoms with Crippen molar-refractivity contribution < 1.29 is 9.15 Å². The third kappa shape index (κ3) is 5.04. The molecule has 0 saturated carbocycles. The van der Waals surface area contributed by atoms with Crippen LogP contribution in [0.2, 0.25) is 5.15 Å². The van der Waals surface area contributed by atoms with Crippen LogP contribution in [-0.2, 0) is 6.61 Å². The Labute approximate surface area is 360 Å². The van der Waals surface area contributed by atoms with E-state index in [4.69, 9.17) is 37.3 Å². The molecule has 0 saturated heterocycles. The number of rotatable bonds is 3. The van der Waals surface area contributed by atoms with Crippen LogP contribution in [0.5, 0.6) is 5.75 Å². The Balaban J connectivity index is 0.973. The number of ether oxygens (including phenoxy) is 1. The van der Waals surface area contributed by atoms with Gasteiger partial charge in [-0.1, -0.05) is 133 Å². The molecule has 7 heteroatoms. The van der Waals surface area contributed by atoms with E-state index < -0.39 is 0 Å². The zero-order valence-corrected chi connectivity index (χ0v) is 33.9. The topological polar surface area (TPSA) is 58.0 Å². The van der Waals surface area contributed by atoms with Gasteiger partial charge in [0.25, 0.3) is 0 Å². The van der Waals surface area contributed by atoms with Gasteiger partial charge in [0.2, 0.25) is 5.71 Å². The summed E-state index contributed by atoms with van der Waals surface area (Å²) >= 11 is 7.07. The van der Waals surface area contributed by atoms with Crippen molar-refractivity contribution in [3.63, 3.8) is 0 Å². The summed E-state index contributed by atoms with van der Waals surface area (Å²) in [5.41, 5.74) is 14.4. The van der Waals surface area contributed by atoms with Gasteiger partial charge in [-0.3, -0.25) is 4.57 Å². The summed E-state index contributed by atoms with van der Waals surface area (Å²) in [7, 11) is 0. The zero-order chi connectivity index (χ0) is 41.1. The van der Waals surface area contributed by atoms with Crippen molar-refractivity contribution in [3.8, 4) is 39.5 Å². The smallest absolute Gasteiger partial charge is 0.247 e. The average Bonchev–Trinajstić information content (AvgIpc) is 3.97. The number of halogens is 1. The number of hydrogen-bond donors (Lipinski definition) is 0. The number of para-hydroxylation sites is 4. The third-order valence-electron chi connectivity index (χ3n) is 12.5. The Morgan fingerprint density at radius 1 is 0.532 bits per heavy atom. The maximum Gasteiger partial charge on any atom is 0.247 e. The van der Waals surface area contributed by atoms with Gasteiger partial charge < -0.3 is 13.7 Å². The van der Waals surface area contributed by atoms with E-state index in [0.717, 1.165) is 83.1 Å². The molecule has 0 spiro atoms. The average molecular weight is 817 g/mol. The lowest BCUT2D eigenvalue weighted by Crippen LogP contribution is -2.08. The lowest BCUT2D eigenvalue weighted by Gasteiger charge is -2.17. The lowest BCUT2D eigenvalue weighted by molar-refractivity contribution is 0.300. The standard InChI is InChI=1S/C55H33ClN4O2/c1-32-37-15-5-6-17-40(37)51-41-18-8-11-21-45(41)60(54-53(56)58-55-52(57-54)42-19-9-12-22-48(42)62-55)47(51)31-61-49-28-25-35-29-33(23-26-38(35)50(32)49)34-24-27-46-43(30-34)39-16-7-10-20-44(39)59(46)36-13-3-2-4-14-36/h2-30H,1,31H2. The quantitative estimate of drug-likeness (QED) is 0.178. The summed E-state index contributed by atoms with van der Waals surface area (Å²) in [4.78, 5) is 9.92. The number of aromatic nitrogens is 4. The molecule has 4 aromatic heterocycles. The van der Waals surface area contributed by atoms with Gasteiger partial charge in [-0.15, -0.1) is 0 Å². The van der Waals surface area contributed by atoms with Crippen molar-refractivity contribution in [1.29, 1.82) is 0 Å². The van der Waals surface area contributed by atoms with E-state index in [1.807, 2.05) is 30.3 Å². The first kappa shape index (κ1) is 34.9. The summed E-state index contributed by atoms with van der Waals surface area (Å²) in [6, 6.07) is 61.7. The molecule has 0 bridgehead atoms. The van der Waals surface area contributed by atoms with Crippen LogP contribution in [0.4, 0.5) is 0 Å². The van der Waals surface area contributed by atoms with Crippen LogP contribution in [0, 0.1) is 0 Å². The van der Waals surface area contributed by atoms with E-state index in [-0.39, 0.29) is 11.8 Å². The molecule has 0 radical (unpaired) electrons. The fourth-order valence-corrected chi connectivity index (χ4v) is 9.99. The predicted octanol–water partition coefficient (Wildman–Crippen LogP) is 14.5. The summed E-state index contributed by atoms with van der Waals surface area (Å²) in [6.45, 7) is 5.04. The molecule has 292 valence electrons. The molecule has 62 heavy (non-hydrogen) atoms. The number of furan rings is 1. The molecule has 0 unspecified atom stereocenters. The summed E-state index contributed by atoms with van der Waals surface area (Å²) in [6.07, 6.45) is 0. The minimum absolute atomic E-state index is 0.237. The molecule has 8 aromatic carbocycles. The maximum absolute atomic E-state index is 7.07. The van der Waals surface area contributed by atoms with Gasteiger partial charge in [0, 0.05) is 38.4 Å². The first-order valence-electron chi connectivity index (χ1n) is 20.6. The second-order valence-electron chi connectivity index (χ2n) is 15.9. The molecule has 0 N–H and O–H groups in total. The highest BCUT2D eigenvalue weighted by Gasteiger charge is 2.28. The van der Waals surface area contributed by atoms with E-state index in [1.165, 1.54) is 21.8 Å². The highest BCUT2D eigenvalue weighted by atomic mass is 35.5. The molecule has 1 aliphatic rings. The van der Waals surface area contributed by atoms with Crippen molar-refractivity contribution in [1.82, 2.24) is 19.1 Å². The van der Waals surface area contributed by atoms with Crippen LogP contribution in [0.15, 0.2) is 187 Å². The Morgan fingerprint density at radius 3 is 2.06 bits per heavy atom. The van der Waals surface area contributed by atoms with Crippen LogP contribution < -0.4 is 4.74 Å². The highest BCUT2D eigenvalue weighted by molar-refractivity contribution is 6.31. The van der Waals surface area contributed by atoms with Crippen LogP contribution in [0.25, 0.3) is 105 Å². The molecule has 0 amide bonds. The van der Waals surface area contributed by atoms with Crippen molar-refractivity contribution in [2.75, 3.05) is 0 Å². The Bertz CT molecular complexity index is 3860. The van der Waals surface area contributed by atoms with Gasteiger partial charge in [0.05, 0.1) is 22.2 Å². The van der Waals surface area contributed by atoms with Crippen molar-refractivity contribution in [2.45, 2.75) is 6.61 Å². The fraction of sp³-hybridized carbons (Fsp3) is 0.0182. The number of nitrogens with zero attached hydrogens (tertiary/aromatic N) is 4. The SMILES string of the molecule is C=C1c2ccccc2-c2c(n(-c3nc4c(nc3Cl)oc3ccccc34)c3ccccc23)COc2ccc3cc(-c4ccc5c(c4)c4ccccc4n5-c4ccccc4)ccc3c21. The number of hydrogen-bond acceptors (Lipinski definition) is 4. The van der Waals surface area contributed by atoms with Gasteiger partial charge in [0.15, 0.2) is 11.0 Å². The second-order valence-corrected chi connectivity index (χ2v) is 16.2. The van der Waals surface area contributed by atoms with E-state index >= 15 is 0 Å². The molecular weight excluding hydrogens is 784 g/mol. The normalized spacial score (nSPS) is 12.7. The van der Waals surface area contributed by atoms with Gasteiger partial charge in [-0.05, 0) is 99.3 Å². The monoisotopic (exact) mass is 816 g/mol. The fourth-order valence-electron chi connectivity index (χ4n) is 9.78. The summed E-state index contributed by atoms with van der Waals surface area (Å²) < 4.78 is 17.5. The molecule has 12 aromatic rings. The molecule has 5 heterocycles. The highest BCUT2D eigenvalue weighted by Crippen LogP contribution is 2.47. The molecule has 0 fully saturated rings. The van der Waals surface area contributed by atoms with Gasteiger partial charge in [-0.2, -0.15) is 4.98 Å². The minimum Gasteiger partial charge on any atom is -0.487 e. The van der Waals surface area contributed by atoms with Crippen LogP contribution in [-0.4, -0.2) is 19.1 Å². The molecule has 6 nitrogen and oxygen atoms in total. The minimum atomic E-state index is 0.237. The molecular formula is C55H33ClN4O2. The van der Waals surface area contributed by atoms with Gasteiger partial charge in [-0.25, -0.2) is 4.98 Å². The molecule has 0 aliphatic carbocycles. The van der Waals surface area contributed by atoms with Crippen LogP contribution in [0.1, 0.15) is 16.8 Å². The van der Waals surface area contributed by atoms with Crippen molar-refractivity contribution in [3.05, 3.63) is 204 Å². The number of benzene rings is 8. The van der Waals surface area contributed by atoms with E-state index in [0.29, 0.717) is 22.6 Å². The maximum atomic E-state index is 7.07. The summed E-state index contributed by atoms with van der Waals surface area (Å²) in [5, 5.41) is 6.78. The van der Waals surface area contributed by atoms with E-state index in [2.05, 4.69) is 155 Å². The largest absolute Gasteiger partial charge is 0.487 e. The molecule has 13 rings (SSSR count). The Kier molecular flexibility index (Phi) is 7.48. The van der Waals surface area contributed by atoms with Crippen molar-refractivity contribution in [2.24, 2.45) is 0 Å². The predicted molar refractivity (Wildman–Crippen MR) is 253 cm³/mol. The van der Waals surface area contributed by atoms with Crippen molar-refractivity contribution >= 4 is 82.9 Å².